The quantitative estimate of drug-likeness (QED) is 0.676. The number of thiophene rings is 1. The van der Waals surface area contributed by atoms with Crippen LogP contribution in [0.15, 0.2) is 42.5 Å². The number of aryl methyl sites for hydroxylation is 1. The first-order valence-electron chi connectivity index (χ1n) is 8.88. The summed E-state index contributed by atoms with van der Waals surface area (Å²) in [7, 11) is 0. The van der Waals surface area contributed by atoms with Gasteiger partial charge in [-0.25, -0.2) is 4.39 Å². The monoisotopic (exact) mass is 382 g/mol. The molecule has 2 amide bonds. The summed E-state index contributed by atoms with van der Waals surface area (Å²) in [6.07, 6.45) is 1.94. The Morgan fingerprint density at radius 2 is 1.89 bits per heavy atom. The number of hydrogen-bond acceptors (Lipinski definition) is 3. The van der Waals surface area contributed by atoms with Gasteiger partial charge in [0.1, 0.15) is 5.82 Å². The molecule has 1 heterocycles. The molecule has 2 aromatic carbocycles. The lowest BCUT2D eigenvalue weighted by Gasteiger charge is -2.07. The van der Waals surface area contributed by atoms with E-state index in [1.165, 1.54) is 17.4 Å². The fourth-order valence-electron chi connectivity index (χ4n) is 3.03. The molecule has 6 heteroatoms. The molecule has 0 unspecified atom stereocenters. The summed E-state index contributed by atoms with van der Waals surface area (Å²) in [6, 6.07) is 12.3. The number of nitrogens with one attached hydrogen (secondary N) is 2. The second-order valence-corrected chi connectivity index (χ2v) is 7.86. The maximum absolute atomic E-state index is 14.0. The first-order chi connectivity index (χ1) is 13.0. The molecule has 0 atom stereocenters. The predicted molar refractivity (Wildman–Crippen MR) is 105 cm³/mol. The third kappa shape index (κ3) is 3.71. The number of halogens is 1. The SMILES string of the molecule is Cc1c(C(=O)NCc2ccc(NC(=O)C3CC3)cc2)sc2cccc(F)c12. The summed E-state index contributed by atoms with van der Waals surface area (Å²) in [5.74, 6) is -0.273. The van der Waals surface area contributed by atoms with Crippen molar-refractivity contribution >= 4 is 38.9 Å². The molecule has 1 aromatic heterocycles. The van der Waals surface area contributed by atoms with Gasteiger partial charge < -0.3 is 10.6 Å². The third-order valence-electron chi connectivity index (χ3n) is 4.73. The molecule has 4 rings (SSSR count). The van der Waals surface area contributed by atoms with Crippen LogP contribution in [0.1, 0.15) is 33.6 Å². The minimum Gasteiger partial charge on any atom is -0.347 e. The van der Waals surface area contributed by atoms with Gasteiger partial charge in [-0.05, 0) is 55.2 Å². The van der Waals surface area contributed by atoms with Crippen molar-refractivity contribution in [1.29, 1.82) is 0 Å². The van der Waals surface area contributed by atoms with E-state index in [1.807, 2.05) is 30.3 Å². The standard InChI is InChI=1S/C21H19FN2O2S/c1-12-18-16(22)3-2-4-17(18)27-19(12)21(26)23-11-13-5-9-15(10-6-13)24-20(25)14-7-8-14/h2-6,9-10,14H,7-8,11H2,1H3,(H,23,26)(H,24,25). The van der Waals surface area contributed by atoms with Crippen LogP contribution in [-0.2, 0) is 11.3 Å². The molecule has 0 spiro atoms. The van der Waals surface area contributed by atoms with Crippen molar-refractivity contribution in [2.24, 2.45) is 5.92 Å². The molecule has 1 saturated carbocycles. The number of rotatable bonds is 5. The molecule has 0 saturated heterocycles. The zero-order valence-corrected chi connectivity index (χ0v) is 15.7. The molecule has 0 radical (unpaired) electrons. The van der Waals surface area contributed by atoms with Gasteiger partial charge in [-0.15, -0.1) is 11.3 Å². The minimum atomic E-state index is -0.302. The second kappa shape index (κ2) is 7.12. The van der Waals surface area contributed by atoms with Gasteiger partial charge in [-0.2, -0.15) is 0 Å². The highest BCUT2D eigenvalue weighted by Crippen LogP contribution is 2.32. The van der Waals surface area contributed by atoms with Crippen molar-refractivity contribution in [1.82, 2.24) is 5.32 Å². The van der Waals surface area contributed by atoms with Crippen LogP contribution in [0.4, 0.5) is 10.1 Å². The Hall–Kier alpha value is -2.73. The summed E-state index contributed by atoms with van der Waals surface area (Å²) in [5.41, 5.74) is 2.36. The average molecular weight is 382 g/mol. The van der Waals surface area contributed by atoms with Crippen LogP contribution in [0.3, 0.4) is 0 Å². The Morgan fingerprint density at radius 1 is 1.15 bits per heavy atom. The van der Waals surface area contributed by atoms with Gasteiger partial charge in [0.15, 0.2) is 0 Å². The van der Waals surface area contributed by atoms with Crippen molar-refractivity contribution in [3.63, 3.8) is 0 Å². The van der Waals surface area contributed by atoms with Crippen molar-refractivity contribution in [2.75, 3.05) is 5.32 Å². The van der Waals surface area contributed by atoms with E-state index < -0.39 is 0 Å². The molecule has 4 nitrogen and oxygen atoms in total. The summed E-state index contributed by atoms with van der Waals surface area (Å²) in [4.78, 5) is 24.8. The van der Waals surface area contributed by atoms with Gasteiger partial charge in [-0.1, -0.05) is 18.2 Å². The van der Waals surface area contributed by atoms with Crippen LogP contribution < -0.4 is 10.6 Å². The first-order valence-corrected chi connectivity index (χ1v) is 9.70. The van der Waals surface area contributed by atoms with Crippen LogP contribution in [0.5, 0.6) is 0 Å². The fourth-order valence-corrected chi connectivity index (χ4v) is 4.17. The average Bonchev–Trinajstić information content (AvgIpc) is 3.45. The van der Waals surface area contributed by atoms with E-state index in [-0.39, 0.29) is 23.5 Å². The smallest absolute Gasteiger partial charge is 0.261 e. The van der Waals surface area contributed by atoms with Crippen LogP contribution in [0.2, 0.25) is 0 Å². The summed E-state index contributed by atoms with van der Waals surface area (Å²) >= 11 is 1.30. The highest BCUT2D eigenvalue weighted by molar-refractivity contribution is 7.21. The lowest BCUT2D eigenvalue weighted by Crippen LogP contribution is -2.22. The first kappa shape index (κ1) is 17.7. The van der Waals surface area contributed by atoms with E-state index in [1.54, 1.807) is 13.0 Å². The van der Waals surface area contributed by atoms with Gasteiger partial charge in [0.05, 0.1) is 4.88 Å². The van der Waals surface area contributed by atoms with Gasteiger partial charge in [-0.3, -0.25) is 9.59 Å². The molecule has 1 aliphatic carbocycles. The van der Waals surface area contributed by atoms with Crippen molar-refractivity contribution < 1.29 is 14.0 Å². The number of carbonyl (C=O) groups excluding carboxylic acids is 2. The topological polar surface area (TPSA) is 58.2 Å². The molecule has 27 heavy (non-hydrogen) atoms. The van der Waals surface area contributed by atoms with E-state index in [0.29, 0.717) is 22.4 Å². The third-order valence-corrected chi connectivity index (χ3v) is 5.99. The number of hydrogen-bond donors (Lipinski definition) is 2. The highest BCUT2D eigenvalue weighted by Gasteiger charge is 2.29. The molecule has 1 fully saturated rings. The number of anilines is 1. The van der Waals surface area contributed by atoms with E-state index in [4.69, 9.17) is 0 Å². The zero-order chi connectivity index (χ0) is 19.0. The largest absolute Gasteiger partial charge is 0.347 e. The lowest BCUT2D eigenvalue weighted by atomic mass is 10.1. The molecule has 1 aliphatic rings. The molecular formula is C21H19FN2O2S. The van der Waals surface area contributed by atoms with Crippen LogP contribution in [0.25, 0.3) is 10.1 Å². The lowest BCUT2D eigenvalue weighted by molar-refractivity contribution is -0.117. The Labute approximate surface area is 160 Å². The Bertz CT molecular complexity index is 1020. The molecule has 2 N–H and O–H groups in total. The number of carbonyl (C=O) groups is 2. The maximum atomic E-state index is 14.0. The van der Waals surface area contributed by atoms with Gasteiger partial charge in [0, 0.05) is 28.2 Å². The van der Waals surface area contributed by atoms with E-state index in [9.17, 15) is 14.0 Å². The van der Waals surface area contributed by atoms with E-state index in [2.05, 4.69) is 10.6 Å². The molecule has 138 valence electrons. The van der Waals surface area contributed by atoms with E-state index >= 15 is 0 Å². The summed E-state index contributed by atoms with van der Waals surface area (Å²) in [5, 5.41) is 6.29. The molecular weight excluding hydrogens is 363 g/mol. The van der Waals surface area contributed by atoms with Crippen LogP contribution in [-0.4, -0.2) is 11.8 Å². The van der Waals surface area contributed by atoms with Gasteiger partial charge in [0.25, 0.3) is 5.91 Å². The number of fused-ring (bicyclic) bond motifs is 1. The van der Waals surface area contributed by atoms with Crippen LogP contribution in [0, 0.1) is 18.7 Å². The highest BCUT2D eigenvalue weighted by atomic mass is 32.1. The molecule has 0 aliphatic heterocycles. The predicted octanol–water partition coefficient (Wildman–Crippen LogP) is 4.63. The normalized spacial score (nSPS) is 13.6. The number of amides is 2. The second-order valence-electron chi connectivity index (χ2n) is 6.81. The maximum Gasteiger partial charge on any atom is 0.261 e. The van der Waals surface area contributed by atoms with Gasteiger partial charge in [0.2, 0.25) is 5.91 Å². The molecule has 0 bridgehead atoms. The van der Waals surface area contributed by atoms with Crippen molar-refractivity contribution in [2.45, 2.75) is 26.3 Å². The van der Waals surface area contributed by atoms with Crippen molar-refractivity contribution in [3.05, 3.63) is 64.3 Å². The Kier molecular flexibility index (Phi) is 4.66. The summed E-state index contributed by atoms with van der Waals surface area (Å²) in [6.45, 7) is 2.14. The Morgan fingerprint density at radius 3 is 2.56 bits per heavy atom. The van der Waals surface area contributed by atoms with Crippen molar-refractivity contribution in [3.8, 4) is 0 Å². The van der Waals surface area contributed by atoms with Crippen LogP contribution >= 0.6 is 11.3 Å². The minimum absolute atomic E-state index is 0.0727. The number of benzene rings is 2. The van der Waals surface area contributed by atoms with Gasteiger partial charge >= 0.3 is 0 Å². The molecule has 3 aromatic rings. The summed E-state index contributed by atoms with van der Waals surface area (Å²) < 4.78 is 14.8. The fraction of sp³-hybridized carbons (Fsp3) is 0.238. The zero-order valence-electron chi connectivity index (χ0n) is 14.8. The van der Waals surface area contributed by atoms with E-state index in [0.717, 1.165) is 28.8 Å². The Balaban J connectivity index is 1.41.